The molecule has 2 aliphatic heterocycles. The van der Waals surface area contributed by atoms with Crippen molar-refractivity contribution >= 4 is 55.7 Å². The quantitative estimate of drug-likeness (QED) is 0.236. The van der Waals surface area contributed by atoms with Gasteiger partial charge < -0.3 is 29.9 Å². The molecule has 0 bridgehead atoms. The summed E-state index contributed by atoms with van der Waals surface area (Å²) in [6, 6.07) is 6.15. The highest BCUT2D eigenvalue weighted by Crippen LogP contribution is 2.38. The number of pyridine rings is 1. The summed E-state index contributed by atoms with van der Waals surface area (Å²) in [6.07, 6.45) is 8.76. The van der Waals surface area contributed by atoms with E-state index >= 15 is 0 Å². The third-order valence-electron chi connectivity index (χ3n) is 9.34. The van der Waals surface area contributed by atoms with Crippen LogP contribution in [0.2, 0.25) is 0 Å². The second-order valence-corrected chi connectivity index (χ2v) is 14.4. The maximum absolute atomic E-state index is 12.7. The second-order valence-electron chi connectivity index (χ2n) is 12.4. The lowest BCUT2D eigenvalue weighted by atomic mass is 10.0. The highest BCUT2D eigenvalue weighted by atomic mass is 32.2. The summed E-state index contributed by atoms with van der Waals surface area (Å²) in [5, 5.41) is 6.53. The standard InChI is InChI=1S/C33H45N11O4S/c1-7-22-20-26(32(48-5)40-31(22)44-14-10-23(11-15-44)43-18-16-41(2)17-19-43)38-33-36-21-27(47-4)30(39-33)37-25-9-8-24-28(35-13-12-34-24)29(25)42(3)49(6,45)46/h8-9,12-13,20-21,23H,7,10-11,14-19H2,1-6H3,(H2,36,37,38,39). The Kier molecular flexibility index (Phi) is 10.2. The summed E-state index contributed by atoms with van der Waals surface area (Å²) < 4.78 is 37.8. The van der Waals surface area contributed by atoms with Crippen LogP contribution in [-0.2, 0) is 16.4 Å². The zero-order valence-corrected chi connectivity index (χ0v) is 29.8. The maximum atomic E-state index is 12.7. The lowest BCUT2D eigenvalue weighted by Gasteiger charge is -2.42. The van der Waals surface area contributed by atoms with E-state index in [9.17, 15) is 8.42 Å². The van der Waals surface area contributed by atoms with Gasteiger partial charge in [0.15, 0.2) is 11.6 Å². The predicted molar refractivity (Wildman–Crippen MR) is 192 cm³/mol. The van der Waals surface area contributed by atoms with Crippen molar-refractivity contribution in [2.45, 2.75) is 32.2 Å². The van der Waals surface area contributed by atoms with Gasteiger partial charge in [-0.05, 0) is 50.1 Å². The van der Waals surface area contributed by atoms with Gasteiger partial charge in [-0.2, -0.15) is 9.97 Å². The fourth-order valence-corrected chi connectivity index (χ4v) is 6.98. The van der Waals surface area contributed by atoms with Crippen molar-refractivity contribution in [1.29, 1.82) is 0 Å². The zero-order valence-electron chi connectivity index (χ0n) is 29.0. The number of likely N-dealkylation sites (N-methyl/N-ethyl adjacent to an activating group) is 1. The molecule has 0 spiro atoms. The molecule has 16 heteroatoms. The number of fused-ring (bicyclic) bond motifs is 1. The van der Waals surface area contributed by atoms with E-state index in [4.69, 9.17) is 19.4 Å². The third-order valence-corrected chi connectivity index (χ3v) is 10.5. The van der Waals surface area contributed by atoms with E-state index in [1.165, 1.54) is 30.9 Å². The van der Waals surface area contributed by atoms with E-state index in [1.807, 2.05) is 0 Å². The largest absolute Gasteiger partial charge is 0.491 e. The molecule has 0 aliphatic carbocycles. The number of aromatic nitrogens is 5. The van der Waals surface area contributed by atoms with Gasteiger partial charge in [-0.3, -0.25) is 19.2 Å². The Balaban J connectivity index is 1.26. The summed E-state index contributed by atoms with van der Waals surface area (Å²) in [5.74, 6) is 2.32. The highest BCUT2D eigenvalue weighted by Gasteiger charge is 2.29. The molecule has 6 rings (SSSR count). The minimum atomic E-state index is -3.64. The van der Waals surface area contributed by atoms with Crippen molar-refractivity contribution in [3.8, 4) is 11.6 Å². The Morgan fingerprint density at radius 3 is 2.35 bits per heavy atom. The molecular weight excluding hydrogens is 647 g/mol. The Hall–Kier alpha value is -4.54. The highest BCUT2D eigenvalue weighted by molar-refractivity contribution is 7.92. The molecule has 2 fully saturated rings. The van der Waals surface area contributed by atoms with Crippen LogP contribution in [-0.4, -0.2) is 123 Å². The first-order valence-electron chi connectivity index (χ1n) is 16.5. The third kappa shape index (κ3) is 7.40. The van der Waals surface area contributed by atoms with Crippen molar-refractivity contribution in [1.82, 2.24) is 34.7 Å². The van der Waals surface area contributed by atoms with Crippen molar-refractivity contribution in [2.24, 2.45) is 0 Å². The Morgan fingerprint density at radius 2 is 1.67 bits per heavy atom. The molecule has 0 radical (unpaired) electrons. The van der Waals surface area contributed by atoms with Crippen LogP contribution in [0.4, 0.5) is 34.6 Å². The molecule has 0 saturated carbocycles. The fraction of sp³-hybridized carbons (Fsp3) is 0.485. The number of hydrogen-bond acceptors (Lipinski definition) is 14. The number of aryl methyl sites for hydroxylation is 1. The van der Waals surface area contributed by atoms with Crippen LogP contribution < -0.4 is 29.3 Å². The summed E-state index contributed by atoms with van der Waals surface area (Å²) in [5.41, 5.74) is 3.45. The number of anilines is 6. The van der Waals surface area contributed by atoms with E-state index in [-0.39, 0.29) is 5.95 Å². The van der Waals surface area contributed by atoms with Crippen LogP contribution >= 0.6 is 0 Å². The van der Waals surface area contributed by atoms with Crippen LogP contribution in [0, 0.1) is 0 Å². The first kappa shape index (κ1) is 34.3. The first-order chi connectivity index (χ1) is 23.6. The molecule has 2 saturated heterocycles. The van der Waals surface area contributed by atoms with Crippen LogP contribution in [0.25, 0.3) is 11.0 Å². The molecular formula is C33H45N11O4S. The average Bonchev–Trinajstić information content (AvgIpc) is 3.11. The Bertz CT molecular complexity index is 1900. The number of ether oxygens (including phenoxy) is 2. The molecule has 49 heavy (non-hydrogen) atoms. The molecule has 2 N–H and O–H groups in total. The number of rotatable bonds is 11. The molecule has 2 aliphatic rings. The number of benzene rings is 1. The van der Waals surface area contributed by atoms with Crippen LogP contribution in [0.5, 0.6) is 11.6 Å². The molecule has 0 unspecified atom stereocenters. The molecule has 5 heterocycles. The van der Waals surface area contributed by atoms with Crippen molar-refractivity contribution < 1.29 is 17.9 Å². The van der Waals surface area contributed by atoms with E-state index in [0.717, 1.165) is 76.2 Å². The minimum absolute atomic E-state index is 0.268. The molecule has 15 nitrogen and oxygen atoms in total. The van der Waals surface area contributed by atoms with Crippen molar-refractivity contribution in [3.63, 3.8) is 0 Å². The SMILES string of the molecule is CCc1cc(Nc2ncc(OC)c(Nc3ccc4nccnc4c3N(C)S(C)(=O)=O)n2)c(OC)nc1N1CCC(N2CCN(C)CC2)CC1. The van der Waals surface area contributed by atoms with Crippen LogP contribution in [0.1, 0.15) is 25.3 Å². The maximum Gasteiger partial charge on any atom is 0.239 e. The minimum Gasteiger partial charge on any atom is -0.491 e. The van der Waals surface area contributed by atoms with E-state index in [1.54, 1.807) is 25.4 Å². The smallest absolute Gasteiger partial charge is 0.239 e. The van der Waals surface area contributed by atoms with Crippen LogP contribution in [0.15, 0.2) is 36.8 Å². The van der Waals surface area contributed by atoms with Gasteiger partial charge in [0, 0.05) is 64.8 Å². The molecule has 1 aromatic carbocycles. The molecule has 0 atom stereocenters. The molecule has 4 aromatic rings. The van der Waals surface area contributed by atoms with Gasteiger partial charge in [-0.1, -0.05) is 6.92 Å². The fourth-order valence-electron chi connectivity index (χ4n) is 6.46. The van der Waals surface area contributed by atoms with Gasteiger partial charge in [-0.15, -0.1) is 0 Å². The molecule has 262 valence electrons. The van der Waals surface area contributed by atoms with E-state index in [2.05, 4.69) is 60.3 Å². The second kappa shape index (κ2) is 14.5. The van der Waals surface area contributed by atoms with Gasteiger partial charge in [0.1, 0.15) is 22.7 Å². The van der Waals surface area contributed by atoms with Crippen molar-refractivity contribution in [3.05, 3.63) is 42.4 Å². The molecule has 3 aromatic heterocycles. The summed E-state index contributed by atoms with van der Waals surface area (Å²) in [7, 11) is 3.14. The van der Waals surface area contributed by atoms with Gasteiger partial charge >= 0.3 is 0 Å². The predicted octanol–water partition coefficient (Wildman–Crippen LogP) is 3.49. The Labute approximate surface area is 287 Å². The number of sulfonamides is 1. The topological polar surface area (TPSA) is 154 Å². The van der Waals surface area contributed by atoms with E-state index < -0.39 is 10.0 Å². The van der Waals surface area contributed by atoms with Gasteiger partial charge in [0.25, 0.3) is 0 Å². The van der Waals surface area contributed by atoms with E-state index in [0.29, 0.717) is 51.6 Å². The average molecular weight is 692 g/mol. The number of piperazine rings is 1. The summed E-state index contributed by atoms with van der Waals surface area (Å²) in [4.78, 5) is 30.4. The number of methoxy groups -OCH3 is 2. The Morgan fingerprint density at radius 1 is 0.939 bits per heavy atom. The first-order valence-corrected chi connectivity index (χ1v) is 18.3. The normalized spacial score (nSPS) is 16.5. The molecule has 0 amide bonds. The van der Waals surface area contributed by atoms with Gasteiger partial charge in [0.05, 0.1) is 37.9 Å². The number of nitrogens with one attached hydrogen (secondary N) is 2. The van der Waals surface area contributed by atoms with Gasteiger partial charge in [0.2, 0.25) is 21.9 Å². The monoisotopic (exact) mass is 691 g/mol. The zero-order chi connectivity index (χ0) is 34.7. The van der Waals surface area contributed by atoms with Crippen LogP contribution in [0.3, 0.4) is 0 Å². The van der Waals surface area contributed by atoms with Crippen molar-refractivity contribution in [2.75, 3.05) is 93.7 Å². The summed E-state index contributed by atoms with van der Waals surface area (Å²) in [6.45, 7) is 8.54. The van der Waals surface area contributed by atoms with Gasteiger partial charge in [-0.25, -0.2) is 13.4 Å². The lowest BCUT2D eigenvalue weighted by molar-refractivity contribution is 0.0981. The number of nitrogens with zero attached hydrogens (tertiary/aromatic N) is 9. The number of hydrogen-bond donors (Lipinski definition) is 2. The summed E-state index contributed by atoms with van der Waals surface area (Å²) >= 11 is 0. The number of piperidine rings is 1. The lowest BCUT2D eigenvalue weighted by Crippen LogP contribution is -2.52.